The number of ether oxygens (including phenoxy) is 1. The van der Waals surface area contributed by atoms with Crippen LogP contribution in [-0.2, 0) is 14.3 Å². The monoisotopic (exact) mass is 307 g/mol. The summed E-state index contributed by atoms with van der Waals surface area (Å²) in [7, 11) is 0. The Morgan fingerprint density at radius 3 is 2.62 bits per heavy atom. The quantitative estimate of drug-likeness (QED) is 0.621. The molecule has 1 amide bonds. The summed E-state index contributed by atoms with van der Waals surface area (Å²) in [5.74, 6) is 0.129. The lowest BCUT2D eigenvalue weighted by Crippen LogP contribution is -2.37. The third kappa shape index (κ3) is 5.79. The topological polar surface area (TPSA) is 55.4 Å². The second kappa shape index (κ2) is 7.50. The van der Waals surface area contributed by atoms with E-state index in [2.05, 4.69) is 5.32 Å². The predicted molar refractivity (Wildman–Crippen MR) is 83.2 cm³/mol. The van der Waals surface area contributed by atoms with E-state index in [9.17, 15) is 9.59 Å². The molecule has 0 radical (unpaired) electrons. The second-order valence-corrected chi connectivity index (χ2v) is 6.49. The highest BCUT2D eigenvalue weighted by atomic mass is 32.2. The van der Waals surface area contributed by atoms with Crippen molar-refractivity contribution >= 4 is 23.6 Å². The SMILES string of the molecule is Cc1ccc(SCCC(=O)O[C@@H](C)C(=O)NC2CC2)cc1. The molecule has 1 aliphatic rings. The number of rotatable bonds is 7. The first-order valence-corrected chi connectivity index (χ1v) is 8.22. The van der Waals surface area contributed by atoms with Gasteiger partial charge in [0.15, 0.2) is 6.10 Å². The lowest BCUT2D eigenvalue weighted by atomic mass is 10.2. The van der Waals surface area contributed by atoms with Gasteiger partial charge in [-0.15, -0.1) is 11.8 Å². The van der Waals surface area contributed by atoms with Crippen LogP contribution in [0.5, 0.6) is 0 Å². The highest BCUT2D eigenvalue weighted by molar-refractivity contribution is 7.99. The molecule has 1 saturated carbocycles. The van der Waals surface area contributed by atoms with Gasteiger partial charge in [0.1, 0.15) is 0 Å². The summed E-state index contributed by atoms with van der Waals surface area (Å²) in [6, 6.07) is 8.46. The molecule has 1 fully saturated rings. The van der Waals surface area contributed by atoms with Crippen molar-refractivity contribution in [1.29, 1.82) is 0 Å². The van der Waals surface area contributed by atoms with Crippen LogP contribution in [0.3, 0.4) is 0 Å². The minimum Gasteiger partial charge on any atom is -0.453 e. The number of hydrogen-bond donors (Lipinski definition) is 1. The molecule has 1 aromatic rings. The van der Waals surface area contributed by atoms with E-state index >= 15 is 0 Å². The summed E-state index contributed by atoms with van der Waals surface area (Å²) in [5, 5.41) is 2.82. The summed E-state index contributed by atoms with van der Waals surface area (Å²) < 4.78 is 5.13. The molecule has 1 aliphatic carbocycles. The van der Waals surface area contributed by atoms with Crippen molar-refractivity contribution in [2.75, 3.05) is 5.75 Å². The van der Waals surface area contributed by atoms with Crippen LogP contribution >= 0.6 is 11.8 Å². The average molecular weight is 307 g/mol. The fraction of sp³-hybridized carbons (Fsp3) is 0.500. The lowest BCUT2D eigenvalue weighted by molar-refractivity contribution is -0.154. The number of esters is 1. The molecule has 0 aromatic heterocycles. The van der Waals surface area contributed by atoms with E-state index in [1.807, 2.05) is 31.2 Å². The van der Waals surface area contributed by atoms with E-state index in [4.69, 9.17) is 4.74 Å². The number of carbonyl (C=O) groups excluding carboxylic acids is 2. The molecular weight excluding hydrogens is 286 g/mol. The number of carbonyl (C=O) groups is 2. The molecule has 4 nitrogen and oxygen atoms in total. The van der Waals surface area contributed by atoms with E-state index in [-0.39, 0.29) is 17.9 Å². The zero-order valence-electron chi connectivity index (χ0n) is 12.4. The van der Waals surface area contributed by atoms with E-state index in [0.29, 0.717) is 12.2 Å². The number of benzene rings is 1. The molecule has 0 aliphatic heterocycles. The van der Waals surface area contributed by atoms with E-state index in [1.54, 1.807) is 18.7 Å². The van der Waals surface area contributed by atoms with Crippen molar-refractivity contribution in [3.8, 4) is 0 Å². The van der Waals surface area contributed by atoms with E-state index < -0.39 is 6.10 Å². The summed E-state index contributed by atoms with van der Waals surface area (Å²) in [4.78, 5) is 24.5. The van der Waals surface area contributed by atoms with Gasteiger partial charge in [-0.3, -0.25) is 9.59 Å². The van der Waals surface area contributed by atoms with Gasteiger partial charge < -0.3 is 10.1 Å². The van der Waals surface area contributed by atoms with Gasteiger partial charge in [-0.05, 0) is 38.8 Å². The Kier molecular flexibility index (Phi) is 5.67. The van der Waals surface area contributed by atoms with E-state index in [1.165, 1.54) is 5.56 Å². The molecule has 2 rings (SSSR count). The molecule has 114 valence electrons. The van der Waals surface area contributed by atoms with Crippen LogP contribution in [0.15, 0.2) is 29.2 Å². The van der Waals surface area contributed by atoms with Crippen LogP contribution in [0.25, 0.3) is 0 Å². The van der Waals surface area contributed by atoms with Crippen molar-refractivity contribution in [3.05, 3.63) is 29.8 Å². The maximum absolute atomic E-state index is 11.7. The number of nitrogens with one attached hydrogen (secondary N) is 1. The van der Waals surface area contributed by atoms with Crippen LogP contribution in [0, 0.1) is 6.92 Å². The first kappa shape index (κ1) is 15.9. The first-order chi connectivity index (χ1) is 10.0. The number of amides is 1. The Balaban J connectivity index is 1.64. The maximum Gasteiger partial charge on any atom is 0.307 e. The highest BCUT2D eigenvalue weighted by Crippen LogP contribution is 2.20. The van der Waals surface area contributed by atoms with Gasteiger partial charge in [0, 0.05) is 16.7 Å². The standard InChI is InChI=1S/C16H21NO3S/c1-11-3-7-14(8-4-11)21-10-9-15(18)20-12(2)16(19)17-13-5-6-13/h3-4,7-8,12-13H,5-6,9-10H2,1-2H3,(H,17,19)/t12-/m0/s1. The van der Waals surface area contributed by atoms with Crippen LogP contribution in [0.4, 0.5) is 0 Å². The van der Waals surface area contributed by atoms with Gasteiger partial charge in [0.2, 0.25) is 0 Å². The van der Waals surface area contributed by atoms with Crippen molar-refractivity contribution in [2.24, 2.45) is 0 Å². The van der Waals surface area contributed by atoms with Crippen molar-refractivity contribution in [2.45, 2.75) is 50.2 Å². The molecule has 1 atom stereocenters. The third-order valence-electron chi connectivity index (χ3n) is 3.20. The molecule has 0 unspecified atom stereocenters. The minimum atomic E-state index is -0.706. The summed E-state index contributed by atoms with van der Waals surface area (Å²) in [6.07, 6.45) is 1.65. The predicted octanol–water partition coefficient (Wildman–Crippen LogP) is 2.69. The Bertz CT molecular complexity index is 497. The molecule has 5 heteroatoms. The maximum atomic E-state index is 11.7. The lowest BCUT2D eigenvalue weighted by Gasteiger charge is -2.13. The molecule has 1 N–H and O–H groups in total. The Morgan fingerprint density at radius 1 is 1.33 bits per heavy atom. The largest absolute Gasteiger partial charge is 0.453 e. The first-order valence-electron chi connectivity index (χ1n) is 7.24. The highest BCUT2D eigenvalue weighted by Gasteiger charge is 2.27. The zero-order valence-corrected chi connectivity index (χ0v) is 13.2. The van der Waals surface area contributed by atoms with Gasteiger partial charge >= 0.3 is 5.97 Å². The van der Waals surface area contributed by atoms with Gasteiger partial charge in [-0.2, -0.15) is 0 Å². The van der Waals surface area contributed by atoms with Crippen molar-refractivity contribution in [3.63, 3.8) is 0 Å². The van der Waals surface area contributed by atoms with E-state index in [0.717, 1.165) is 17.7 Å². The molecule has 21 heavy (non-hydrogen) atoms. The Hall–Kier alpha value is -1.49. The zero-order chi connectivity index (χ0) is 15.2. The molecule has 0 spiro atoms. The smallest absolute Gasteiger partial charge is 0.307 e. The summed E-state index contributed by atoms with van der Waals surface area (Å²) in [5.41, 5.74) is 1.22. The number of thioether (sulfide) groups is 1. The molecule has 0 bridgehead atoms. The average Bonchev–Trinajstić information content (AvgIpc) is 3.25. The van der Waals surface area contributed by atoms with Gasteiger partial charge in [-0.1, -0.05) is 17.7 Å². The Labute approximate surface area is 129 Å². The normalized spacial score (nSPS) is 15.3. The molecule has 1 aromatic carbocycles. The number of aryl methyl sites for hydroxylation is 1. The fourth-order valence-electron chi connectivity index (χ4n) is 1.74. The number of hydrogen-bond acceptors (Lipinski definition) is 4. The summed E-state index contributed by atoms with van der Waals surface area (Å²) >= 11 is 1.61. The minimum absolute atomic E-state index is 0.197. The third-order valence-corrected chi connectivity index (χ3v) is 4.21. The van der Waals surface area contributed by atoms with Gasteiger partial charge in [0.25, 0.3) is 5.91 Å². The van der Waals surface area contributed by atoms with Gasteiger partial charge in [0.05, 0.1) is 6.42 Å². The summed E-state index contributed by atoms with van der Waals surface area (Å²) in [6.45, 7) is 3.66. The molecule has 0 saturated heterocycles. The fourth-order valence-corrected chi connectivity index (χ4v) is 2.58. The van der Waals surface area contributed by atoms with Crippen LogP contribution in [0.1, 0.15) is 31.7 Å². The van der Waals surface area contributed by atoms with Gasteiger partial charge in [-0.25, -0.2) is 0 Å². The van der Waals surface area contributed by atoms with Crippen molar-refractivity contribution in [1.82, 2.24) is 5.32 Å². The Morgan fingerprint density at radius 2 is 2.00 bits per heavy atom. The molecule has 0 heterocycles. The molecular formula is C16H21NO3S. The second-order valence-electron chi connectivity index (χ2n) is 5.33. The van der Waals surface area contributed by atoms with Crippen LogP contribution < -0.4 is 5.32 Å². The van der Waals surface area contributed by atoms with Crippen LogP contribution in [0.2, 0.25) is 0 Å². The van der Waals surface area contributed by atoms with Crippen LogP contribution in [-0.4, -0.2) is 29.8 Å². The van der Waals surface area contributed by atoms with Crippen molar-refractivity contribution < 1.29 is 14.3 Å².